The average molecular weight is 582 g/mol. The van der Waals surface area contributed by atoms with E-state index in [4.69, 9.17) is 34.8 Å². The molecule has 5 rings (SSSR count). The molecule has 5 N–H and O–H groups in total. The number of hydrogen-bond acceptors (Lipinski definition) is 9. The van der Waals surface area contributed by atoms with E-state index >= 15 is 0 Å². The van der Waals surface area contributed by atoms with Crippen LogP contribution in [-0.2, 0) is 0 Å². The summed E-state index contributed by atoms with van der Waals surface area (Å²) in [5.74, 6) is 0. The van der Waals surface area contributed by atoms with Gasteiger partial charge in [0.2, 0.25) is 0 Å². The van der Waals surface area contributed by atoms with Crippen LogP contribution in [0.25, 0.3) is 10.9 Å². The number of aliphatic hydroxyl groups excluding tert-OH is 1. The van der Waals surface area contributed by atoms with E-state index in [1.54, 1.807) is 29.4 Å². The Labute approximate surface area is 240 Å². The minimum atomic E-state index is -0.463. The fourth-order valence-electron chi connectivity index (χ4n) is 4.22. The fourth-order valence-corrected chi connectivity index (χ4v) is 4.90. The van der Waals surface area contributed by atoms with Gasteiger partial charge in [-0.05, 0) is 42.8 Å². The van der Waals surface area contributed by atoms with E-state index in [0.29, 0.717) is 49.6 Å². The molecule has 0 radical (unpaired) electrons. The van der Waals surface area contributed by atoms with Crippen molar-refractivity contribution in [3.05, 3.63) is 98.6 Å². The molecule has 2 aromatic carbocycles. The van der Waals surface area contributed by atoms with E-state index in [2.05, 4.69) is 37.6 Å². The standard InChI is InChI=1S/C27H23Cl3N8O/c1-15-4-5-17(10-21(15)28)34-24-16(12-31)13-33-25-20(24)9-18(11-22(25)29)35-26(19-3-2-6-32-27(19)30)23-14-38(7-8-39)37-36-23/h2-6,9-11,13-14,26,35-37,39H,7-8H2,1H3,(H,33,34)/t26-/m0/s1. The second kappa shape index (κ2) is 11.5. The number of aliphatic hydroxyl groups is 1. The van der Waals surface area contributed by atoms with Crippen LogP contribution in [-0.4, -0.2) is 33.2 Å². The van der Waals surface area contributed by atoms with Crippen LogP contribution in [0.2, 0.25) is 15.2 Å². The van der Waals surface area contributed by atoms with Crippen LogP contribution in [0.3, 0.4) is 0 Å². The van der Waals surface area contributed by atoms with Gasteiger partial charge in [0.05, 0.1) is 46.7 Å². The molecule has 9 nitrogen and oxygen atoms in total. The third-order valence-electron chi connectivity index (χ3n) is 6.19. The zero-order valence-electron chi connectivity index (χ0n) is 20.6. The van der Waals surface area contributed by atoms with Crippen molar-refractivity contribution >= 4 is 62.8 Å². The number of β-amino-alcohol motifs (C(OH)–C–C–N with tert-alkyl or cyclic N) is 1. The summed E-state index contributed by atoms with van der Waals surface area (Å²) in [5.41, 5.74) is 11.3. The summed E-state index contributed by atoms with van der Waals surface area (Å²) >= 11 is 19.6. The molecule has 0 fully saturated rings. The fraction of sp³-hybridized carbons (Fsp3) is 0.148. The minimum absolute atomic E-state index is 0.0271. The second-order valence-electron chi connectivity index (χ2n) is 8.80. The first-order chi connectivity index (χ1) is 18.9. The predicted octanol–water partition coefficient (Wildman–Crippen LogP) is 5.83. The highest BCUT2D eigenvalue weighted by atomic mass is 35.5. The lowest BCUT2D eigenvalue weighted by Gasteiger charge is -2.23. The number of halogens is 3. The molecule has 39 heavy (non-hydrogen) atoms. The average Bonchev–Trinajstić information content (AvgIpc) is 3.39. The van der Waals surface area contributed by atoms with Crippen molar-refractivity contribution in [1.29, 1.82) is 5.26 Å². The van der Waals surface area contributed by atoms with Crippen molar-refractivity contribution in [1.82, 2.24) is 25.9 Å². The van der Waals surface area contributed by atoms with Gasteiger partial charge in [0.15, 0.2) is 0 Å². The smallest absolute Gasteiger partial charge is 0.134 e. The van der Waals surface area contributed by atoms with E-state index < -0.39 is 6.04 Å². The number of nitrogens with one attached hydrogen (secondary N) is 4. The number of nitrogens with zero attached hydrogens (tertiary/aromatic N) is 4. The van der Waals surface area contributed by atoms with Crippen molar-refractivity contribution in [2.24, 2.45) is 0 Å². The van der Waals surface area contributed by atoms with Crippen LogP contribution in [0.5, 0.6) is 0 Å². The Bertz CT molecular complexity index is 1620. The third-order valence-corrected chi connectivity index (χ3v) is 7.20. The third kappa shape index (κ3) is 5.66. The summed E-state index contributed by atoms with van der Waals surface area (Å²) in [5, 5.41) is 29.7. The molecular formula is C27H23Cl3N8O. The molecule has 0 bridgehead atoms. The second-order valence-corrected chi connectivity index (χ2v) is 9.97. The summed E-state index contributed by atoms with van der Waals surface area (Å²) in [6.07, 6.45) is 4.95. The van der Waals surface area contributed by atoms with Gasteiger partial charge in [0.1, 0.15) is 11.2 Å². The SMILES string of the molecule is Cc1ccc(Nc2c(C#N)cnc3c(Cl)cc(N[C@H](C4=CN(CCO)NN4)c4cccnc4Cl)cc23)cc1Cl. The minimum Gasteiger partial charge on any atom is -0.394 e. The summed E-state index contributed by atoms with van der Waals surface area (Å²) in [4.78, 5) is 8.68. The van der Waals surface area contributed by atoms with Crippen molar-refractivity contribution in [2.45, 2.75) is 13.0 Å². The quantitative estimate of drug-likeness (QED) is 0.164. The molecule has 0 saturated heterocycles. The van der Waals surface area contributed by atoms with Crippen LogP contribution >= 0.6 is 34.8 Å². The summed E-state index contributed by atoms with van der Waals surface area (Å²) in [7, 11) is 0. The number of pyridine rings is 2. The zero-order valence-corrected chi connectivity index (χ0v) is 22.9. The van der Waals surface area contributed by atoms with Gasteiger partial charge in [-0.15, -0.1) is 5.53 Å². The highest BCUT2D eigenvalue weighted by molar-refractivity contribution is 6.36. The van der Waals surface area contributed by atoms with E-state index in [1.165, 1.54) is 6.20 Å². The molecule has 198 valence electrons. The van der Waals surface area contributed by atoms with Gasteiger partial charge in [-0.2, -0.15) is 5.26 Å². The van der Waals surface area contributed by atoms with Gasteiger partial charge in [-0.1, -0.05) is 46.9 Å². The van der Waals surface area contributed by atoms with E-state index in [9.17, 15) is 10.4 Å². The van der Waals surface area contributed by atoms with Gasteiger partial charge in [-0.25, -0.2) is 4.98 Å². The first-order valence-corrected chi connectivity index (χ1v) is 13.0. The number of rotatable bonds is 8. The van der Waals surface area contributed by atoms with Crippen molar-refractivity contribution in [3.8, 4) is 6.07 Å². The molecule has 1 atom stereocenters. The Morgan fingerprint density at radius 1 is 1.10 bits per heavy atom. The molecule has 4 aromatic rings. The Morgan fingerprint density at radius 2 is 1.92 bits per heavy atom. The predicted molar refractivity (Wildman–Crippen MR) is 155 cm³/mol. The maximum Gasteiger partial charge on any atom is 0.134 e. The number of anilines is 3. The lowest BCUT2D eigenvalue weighted by atomic mass is 10.0. The molecule has 12 heteroatoms. The molecule has 1 aliphatic rings. The number of hydrazine groups is 2. The van der Waals surface area contributed by atoms with Gasteiger partial charge in [0, 0.05) is 45.9 Å². The normalized spacial score (nSPS) is 13.5. The van der Waals surface area contributed by atoms with Gasteiger partial charge in [0.25, 0.3) is 0 Å². The van der Waals surface area contributed by atoms with E-state index in [1.807, 2.05) is 37.4 Å². The molecule has 0 aliphatic carbocycles. The number of nitriles is 1. The highest BCUT2D eigenvalue weighted by Gasteiger charge is 2.25. The summed E-state index contributed by atoms with van der Waals surface area (Å²) < 4.78 is 0. The van der Waals surface area contributed by atoms with Crippen LogP contribution in [0.4, 0.5) is 17.1 Å². The molecule has 3 heterocycles. The van der Waals surface area contributed by atoms with Crippen molar-refractivity contribution in [3.63, 3.8) is 0 Å². The zero-order chi connectivity index (χ0) is 27.5. The molecule has 0 unspecified atom stereocenters. The summed E-state index contributed by atoms with van der Waals surface area (Å²) in [6.45, 7) is 2.28. The lowest BCUT2D eigenvalue weighted by molar-refractivity contribution is 0.195. The highest BCUT2D eigenvalue weighted by Crippen LogP contribution is 2.38. The number of benzene rings is 2. The van der Waals surface area contributed by atoms with Gasteiger partial charge in [-0.3, -0.25) is 9.99 Å². The van der Waals surface area contributed by atoms with Crippen LogP contribution in [0.15, 0.2) is 66.8 Å². The van der Waals surface area contributed by atoms with Gasteiger partial charge < -0.3 is 21.2 Å². The maximum absolute atomic E-state index is 9.86. The number of aryl methyl sites for hydroxylation is 1. The van der Waals surface area contributed by atoms with E-state index in [0.717, 1.165) is 22.5 Å². The topological polar surface area (TPSA) is 121 Å². The van der Waals surface area contributed by atoms with Crippen LogP contribution in [0.1, 0.15) is 22.7 Å². The molecule has 1 aliphatic heterocycles. The van der Waals surface area contributed by atoms with Gasteiger partial charge >= 0.3 is 0 Å². The molecule has 0 saturated carbocycles. The largest absolute Gasteiger partial charge is 0.394 e. The Balaban J connectivity index is 1.60. The molecule has 0 spiro atoms. The first-order valence-electron chi connectivity index (χ1n) is 11.9. The Kier molecular flexibility index (Phi) is 7.93. The molecule has 2 aromatic heterocycles. The lowest BCUT2D eigenvalue weighted by Crippen LogP contribution is -2.38. The van der Waals surface area contributed by atoms with E-state index in [-0.39, 0.29) is 6.61 Å². The van der Waals surface area contributed by atoms with Crippen molar-refractivity contribution in [2.75, 3.05) is 23.8 Å². The number of aromatic nitrogens is 2. The maximum atomic E-state index is 9.86. The first kappa shape index (κ1) is 26.8. The Morgan fingerprint density at radius 3 is 2.67 bits per heavy atom. The van der Waals surface area contributed by atoms with Crippen LogP contribution in [0, 0.1) is 18.3 Å². The van der Waals surface area contributed by atoms with Crippen molar-refractivity contribution < 1.29 is 5.11 Å². The number of hydrogen-bond donors (Lipinski definition) is 5. The molecular weight excluding hydrogens is 559 g/mol. The molecule has 0 amide bonds. The monoisotopic (exact) mass is 580 g/mol. The van der Waals surface area contributed by atoms with Crippen LogP contribution < -0.4 is 21.6 Å². The Hall–Kier alpha value is -3.78. The number of fused-ring (bicyclic) bond motifs is 1. The summed E-state index contributed by atoms with van der Waals surface area (Å²) in [6, 6.07) is 14.7.